The molecule has 3 rings (SSSR count). The van der Waals surface area contributed by atoms with Crippen LogP contribution in [-0.4, -0.2) is 131 Å². The summed E-state index contributed by atoms with van der Waals surface area (Å²) in [5.41, 5.74) is 5.92. The van der Waals surface area contributed by atoms with Crippen LogP contribution in [0.5, 0.6) is 5.75 Å². The second-order valence-corrected chi connectivity index (χ2v) is 15.8. The van der Waals surface area contributed by atoms with Crippen LogP contribution < -0.4 is 37.1 Å². The first-order valence-corrected chi connectivity index (χ1v) is 22.8. The van der Waals surface area contributed by atoms with Crippen LogP contribution in [0.3, 0.4) is 0 Å². The third-order valence-electron chi connectivity index (χ3n) is 9.99. The Morgan fingerprint density at radius 3 is 2.07 bits per heavy atom. The van der Waals surface area contributed by atoms with Crippen LogP contribution in [0.25, 0.3) is 0 Å². The molecule has 0 aromatic heterocycles. The molecule has 22 heteroatoms. The number of nitrogens with zero attached hydrogens (tertiary/aromatic N) is 1. The van der Waals surface area contributed by atoms with Crippen LogP contribution in [0, 0.1) is 16.0 Å². The van der Waals surface area contributed by atoms with Gasteiger partial charge in [-0.1, -0.05) is 51.0 Å². The number of anilines is 1. The van der Waals surface area contributed by atoms with Crippen molar-refractivity contribution in [2.24, 2.45) is 11.7 Å². The molecule has 1 aliphatic rings. The van der Waals surface area contributed by atoms with Gasteiger partial charge in [-0.3, -0.25) is 29.3 Å². The normalized spacial score (nSPS) is 14.8. The van der Waals surface area contributed by atoms with E-state index in [4.69, 9.17) is 38.9 Å². The lowest BCUT2D eigenvalue weighted by Crippen LogP contribution is -2.54. The molecule has 0 fully saturated rings. The van der Waals surface area contributed by atoms with E-state index < -0.39 is 46.9 Å². The van der Waals surface area contributed by atoms with Gasteiger partial charge in [0, 0.05) is 37.3 Å². The van der Waals surface area contributed by atoms with Gasteiger partial charge in [-0.15, -0.1) is 0 Å². The highest BCUT2D eigenvalue weighted by Gasteiger charge is 2.29. The predicted molar refractivity (Wildman–Crippen MR) is 247 cm³/mol. The fourth-order valence-electron chi connectivity index (χ4n) is 6.34. The molecule has 6 amide bonds. The molecule has 7 N–H and O–H groups in total. The predicted octanol–water partition coefficient (Wildman–Crippen LogP) is 3.80. The lowest BCUT2D eigenvalue weighted by Gasteiger charge is -2.25. The Kier molecular flexibility index (Phi) is 27.5. The van der Waals surface area contributed by atoms with E-state index in [1.54, 1.807) is 38.1 Å². The van der Waals surface area contributed by atoms with E-state index in [-0.39, 0.29) is 88.2 Å². The number of non-ortho nitro benzene ring substituents is 1. The summed E-state index contributed by atoms with van der Waals surface area (Å²) in [6.45, 7) is 6.23. The summed E-state index contributed by atoms with van der Waals surface area (Å²) < 4.78 is 37.9. The van der Waals surface area contributed by atoms with Crippen molar-refractivity contribution in [1.82, 2.24) is 21.3 Å². The van der Waals surface area contributed by atoms with E-state index in [0.717, 1.165) is 19.3 Å². The van der Waals surface area contributed by atoms with Gasteiger partial charge in [0.25, 0.3) is 5.69 Å². The van der Waals surface area contributed by atoms with Gasteiger partial charge in [0.2, 0.25) is 23.6 Å². The number of rotatable bonds is 32. The molecular weight excluding hydrogens is 891 g/mol. The molecule has 68 heavy (non-hydrogen) atoms. The Morgan fingerprint density at radius 1 is 0.765 bits per heavy atom. The molecule has 0 saturated heterocycles. The molecule has 0 bridgehead atoms. The third kappa shape index (κ3) is 25.1. The average Bonchev–Trinajstić information content (AvgIpc) is 3.29. The van der Waals surface area contributed by atoms with Gasteiger partial charge in [0.1, 0.15) is 31.0 Å². The number of nitrogens with one attached hydrogen (secondary N) is 5. The minimum Gasteiger partial charge on any atom is -0.429 e. The first-order chi connectivity index (χ1) is 32.8. The largest absolute Gasteiger partial charge is 0.514 e. The molecule has 3 atom stereocenters. The number of hydrogen-bond acceptors (Lipinski definition) is 15. The molecule has 22 nitrogen and oxygen atoms in total. The first-order valence-electron chi connectivity index (χ1n) is 22.8. The summed E-state index contributed by atoms with van der Waals surface area (Å²) in [7, 11) is 0. The van der Waals surface area contributed by atoms with E-state index >= 15 is 0 Å². The lowest BCUT2D eigenvalue weighted by molar-refractivity contribution is -0.384. The number of carbonyl (C=O) groups excluding carboxylic acids is 6. The number of benzene rings is 2. The summed E-state index contributed by atoms with van der Waals surface area (Å²) in [6, 6.07) is 8.43. The summed E-state index contributed by atoms with van der Waals surface area (Å²) in [6.07, 6.45) is 8.98. The number of primary amides is 1. The highest BCUT2D eigenvalue weighted by Crippen LogP contribution is 2.19. The van der Waals surface area contributed by atoms with Gasteiger partial charge in [-0.2, -0.15) is 0 Å². The zero-order valence-electron chi connectivity index (χ0n) is 38.9. The maximum absolute atomic E-state index is 13.5. The van der Waals surface area contributed by atoms with Crippen LogP contribution in [0.15, 0.2) is 60.7 Å². The lowest BCUT2D eigenvalue weighted by atomic mass is 10.0. The zero-order chi connectivity index (χ0) is 49.4. The van der Waals surface area contributed by atoms with E-state index in [1.165, 1.54) is 37.1 Å². The summed E-state index contributed by atoms with van der Waals surface area (Å²) in [4.78, 5) is 85.4. The van der Waals surface area contributed by atoms with E-state index in [2.05, 4.69) is 32.7 Å². The summed E-state index contributed by atoms with van der Waals surface area (Å²) >= 11 is 0. The Bertz CT molecular complexity index is 1880. The smallest absolute Gasteiger partial charge is 0.429 e. The number of nitrogens with two attached hydrogens (primary N) is 1. The van der Waals surface area contributed by atoms with E-state index in [0.29, 0.717) is 50.8 Å². The molecule has 2 aromatic carbocycles. The van der Waals surface area contributed by atoms with Gasteiger partial charge in [-0.05, 0) is 67.9 Å². The van der Waals surface area contributed by atoms with Crippen molar-refractivity contribution in [1.29, 1.82) is 0 Å². The van der Waals surface area contributed by atoms with Crippen molar-refractivity contribution in [3.8, 4) is 5.75 Å². The highest BCUT2D eigenvalue weighted by molar-refractivity contribution is 5.98. The monoisotopic (exact) mass is 957 g/mol. The number of allylic oxidation sites excluding steroid dienone is 1. The van der Waals surface area contributed by atoms with E-state index in [1.807, 2.05) is 6.08 Å². The second-order valence-electron chi connectivity index (χ2n) is 15.8. The standard InChI is InChI=1S/C46H67N7O15/c1-33(2)42(52-40(54)20-23-62-25-27-64-29-30-65-28-26-63-24-22-48-41(55)32-66-37-9-6-4-3-5-7-10-37)44(57)51-39(11-8-21-49-45(47)58)43(56)50-35-14-12-34(13-15-35)31-67-46(59)68-38-18-16-36(17-19-38)53(60)61/h6,9,12-19,33,37,39,42H,3-5,7-8,10-11,20-32H2,1-2H3,(H,48,55)(H,50,56)(H,51,57)(H,52,54)(H3,47,49,58)/b9-6-/t37?,39-,42-/m0/s1. The van der Waals surface area contributed by atoms with E-state index in [9.17, 15) is 38.9 Å². The summed E-state index contributed by atoms with van der Waals surface area (Å²) in [5, 5.41) is 24.2. The van der Waals surface area contributed by atoms with Gasteiger partial charge >= 0.3 is 12.2 Å². The number of urea groups is 1. The molecule has 0 saturated carbocycles. The van der Waals surface area contributed by atoms with Crippen LogP contribution >= 0.6 is 0 Å². The molecule has 1 aliphatic carbocycles. The van der Waals surface area contributed by atoms with Crippen molar-refractivity contribution in [2.75, 3.05) is 77.9 Å². The van der Waals surface area contributed by atoms with Gasteiger partial charge < -0.3 is 65.5 Å². The van der Waals surface area contributed by atoms with Crippen molar-refractivity contribution >= 4 is 47.2 Å². The molecule has 0 radical (unpaired) electrons. The number of ether oxygens (including phenoxy) is 7. The molecule has 0 spiro atoms. The molecule has 2 aromatic rings. The van der Waals surface area contributed by atoms with Gasteiger partial charge in [-0.25, -0.2) is 9.59 Å². The number of nitro groups is 1. The van der Waals surface area contributed by atoms with Crippen molar-refractivity contribution < 1.29 is 66.8 Å². The van der Waals surface area contributed by atoms with Crippen molar-refractivity contribution in [2.45, 2.75) is 90.0 Å². The fourth-order valence-corrected chi connectivity index (χ4v) is 6.34. The Labute approximate surface area is 396 Å². The number of carbonyl (C=O) groups is 6. The molecular formula is C46H67N7O15. The number of amides is 6. The number of nitro benzene ring substituents is 1. The van der Waals surface area contributed by atoms with Crippen LogP contribution in [0.2, 0.25) is 0 Å². The van der Waals surface area contributed by atoms with Crippen molar-refractivity contribution in [3.63, 3.8) is 0 Å². The Hall–Kier alpha value is -6.20. The second kappa shape index (κ2) is 33.3. The zero-order valence-corrected chi connectivity index (χ0v) is 38.9. The topological polar surface area (TPSA) is 296 Å². The maximum atomic E-state index is 13.5. The quantitative estimate of drug-likeness (QED) is 0.0152. The van der Waals surface area contributed by atoms with Crippen LogP contribution in [-0.2, 0) is 54.2 Å². The minimum absolute atomic E-state index is 0.0104. The molecule has 376 valence electrons. The molecule has 0 aliphatic heterocycles. The Morgan fingerprint density at radius 2 is 1.43 bits per heavy atom. The number of hydrogen-bond donors (Lipinski definition) is 6. The Balaban J connectivity index is 1.29. The van der Waals surface area contributed by atoms with Crippen LogP contribution in [0.1, 0.15) is 70.8 Å². The third-order valence-corrected chi connectivity index (χ3v) is 9.99. The van der Waals surface area contributed by atoms with Gasteiger partial charge in [0.15, 0.2) is 0 Å². The highest BCUT2D eigenvalue weighted by atomic mass is 16.7. The van der Waals surface area contributed by atoms with Crippen molar-refractivity contribution in [3.05, 3.63) is 76.4 Å². The maximum Gasteiger partial charge on any atom is 0.514 e. The average molecular weight is 958 g/mol. The summed E-state index contributed by atoms with van der Waals surface area (Å²) in [5.74, 6) is -2.04. The first kappa shape index (κ1) is 56.1. The molecule has 1 unspecified atom stereocenters. The SMILES string of the molecule is CC(C)[C@H](NC(=O)CCOCCOCCOCCOCCNC(=O)COC1/C=C\CCCCC1)C(=O)N[C@@H](CCCNC(N)=O)C(=O)Nc1ccc(COC(=O)Oc2ccc([N+](=O)[O-])cc2)cc1. The van der Waals surface area contributed by atoms with Crippen LogP contribution in [0.4, 0.5) is 21.0 Å². The molecule has 0 heterocycles. The minimum atomic E-state index is -1.07. The van der Waals surface area contributed by atoms with Gasteiger partial charge in [0.05, 0.1) is 63.9 Å². The fraction of sp³-hybridized carbons (Fsp3) is 0.565.